The lowest BCUT2D eigenvalue weighted by molar-refractivity contribution is -0.385. The average Bonchev–Trinajstić information content (AvgIpc) is 2.42. The molecule has 2 aromatic rings. The lowest BCUT2D eigenvalue weighted by Gasteiger charge is -2.11. The van der Waals surface area contributed by atoms with Gasteiger partial charge in [0.15, 0.2) is 0 Å². The highest BCUT2D eigenvalue weighted by molar-refractivity contribution is 9.10. The van der Waals surface area contributed by atoms with Gasteiger partial charge in [-0.2, -0.15) is 0 Å². The summed E-state index contributed by atoms with van der Waals surface area (Å²) >= 11 is 6.82. The van der Waals surface area contributed by atoms with E-state index in [9.17, 15) is 10.1 Å². The molecule has 0 spiro atoms. The molecule has 20 heavy (non-hydrogen) atoms. The fourth-order valence-electron chi connectivity index (χ4n) is 1.74. The summed E-state index contributed by atoms with van der Waals surface area (Å²) in [6.07, 6.45) is 0. The van der Waals surface area contributed by atoms with Crippen LogP contribution in [0, 0.1) is 17.0 Å². The number of halogens is 2. The first-order chi connectivity index (χ1) is 9.52. The van der Waals surface area contributed by atoms with E-state index in [1.807, 2.05) is 18.2 Å². The zero-order valence-electron chi connectivity index (χ0n) is 10.6. The van der Waals surface area contributed by atoms with Crippen molar-refractivity contribution >= 4 is 37.5 Å². The van der Waals surface area contributed by atoms with E-state index >= 15 is 0 Å². The van der Waals surface area contributed by atoms with Crippen LogP contribution >= 0.6 is 31.9 Å². The number of hydrogen-bond acceptors (Lipinski definition) is 3. The molecule has 6 heteroatoms. The van der Waals surface area contributed by atoms with Crippen LogP contribution < -0.4 is 4.74 Å². The first kappa shape index (κ1) is 15.0. The molecule has 0 aliphatic rings. The number of rotatable bonds is 4. The third-order valence-electron chi connectivity index (χ3n) is 2.82. The van der Waals surface area contributed by atoms with E-state index in [4.69, 9.17) is 4.74 Å². The second-order valence-electron chi connectivity index (χ2n) is 4.16. The van der Waals surface area contributed by atoms with Crippen LogP contribution in [0.3, 0.4) is 0 Å². The maximum atomic E-state index is 10.9. The van der Waals surface area contributed by atoms with Crippen molar-refractivity contribution in [2.24, 2.45) is 0 Å². The molecule has 0 fully saturated rings. The minimum Gasteiger partial charge on any atom is -0.456 e. The van der Waals surface area contributed by atoms with Crippen LogP contribution in [0.4, 0.5) is 5.69 Å². The Hall–Kier alpha value is -1.40. The molecule has 0 heterocycles. The molecular formula is C14H11Br2NO3. The molecule has 2 aromatic carbocycles. The number of nitro benzene ring substituents is 1. The summed E-state index contributed by atoms with van der Waals surface area (Å²) in [7, 11) is 0. The summed E-state index contributed by atoms with van der Waals surface area (Å²) in [6, 6.07) is 10.5. The van der Waals surface area contributed by atoms with Crippen molar-refractivity contribution in [2.75, 3.05) is 0 Å². The van der Waals surface area contributed by atoms with Gasteiger partial charge in [0.05, 0.1) is 15.0 Å². The molecule has 0 saturated carbocycles. The highest BCUT2D eigenvalue weighted by atomic mass is 79.9. The Morgan fingerprint density at radius 1 is 1.25 bits per heavy atom. The van der Waals surface area contributed by atoms with Crippen LogP contribution in [0.1, 0.15) is 11.1 Å². The molecule has 0 N–H and O–H groups in total. The highest BCUT2D eigenvalue weighted by Crippen LogP contribution is 2.35. The van der Waals surface area contributed by atoms with E-state index < -0.39 is 4.92 Å². The molecule has 0 atom stereocenters. The second-order valence-corrected chi connectivity index (χ2v) is 5.57. The fraction of sp³-hybridized carbons (Fsp3) is 0.143. The van der Waals surface area contributed by atoms with E-state index in [2.05, 4.69) is 31.9 Å². The third-order valence-corrected chi connectivity index (χ3v) is 4.09. The molecule has 0 aromatic heterocycles. The molecule has 0 aliphatic heterocycles. The first-order valence-electron chi connectivity index (χ1n) is 5.79. The molecule has 0 unspecified atom stereocenters. The number of hydrogen-bond donors (Lipinski definition) is 0. The normalized spacial score (nSPS) is 10.3. The second kappa shape index (κ2) is 6.37. The largest absolute Gasteiger partial charge is 0.456 e. The smallest absolute Gasteiger partial charge is 0.276 e. The topological polar surface area (TPSA) is 52.4 Å². The van der Waals surface area contributed by atoms with Gasteiger partial charge < -0.3 is 4.74 Å². The van der Waals surface area contributed by atoms with E-state index in [1.54, 1.807) is 19.1 Å². The number of ether oxygens (including phenoxy) is 1. The molecule has 4 nitrogen and oxygen atoms in total. The molecule has 104 valence electrons. The summed E-state index contributed by atoms with van der Waals surface area (Å²) in [4.78, 5) is 10.5. The third kappa shape index (κ3) is 3.19. The van der Waals surface area contributed by atoms with Crippen LogP contribution in [0.25, 0.3) is 0 Å². The quantitative estimate of drug-likeness (QED) is 0.394. The van der Waals surface area contributed by atoms with Gasteiger partial charge in [-0.1, -0.05) is 28.1 Å². The molecule has 0 bridgehead atoms. The molecule has 0 amide bonds. The zero-order valence-corrected chi connectivity index (χ0v) is 13.8. The summed E-state index contributed by atoms with van der Waals surface area (Å²) < 4.78 is 6.57. The van der Waals surface area contributed by atoms with Gasteiger partial charge in [0, 0.05) is 11.4 Å². The van der Waals surface area contributed by atoms with Crippen molar-refractivity contribution in [3.05, 3.63) is 62.1 Å². The zero-order chi connectivity index (χ0) is 14.7. The van der Waals surface area contributed by atoms with Crippen molar-refractivity contribution < 1.29 is 9.66 Å². The Morgan fingerprint density at radius 2 is 2.00 bits per heavy atom. The van der Waals surface area contributed by atoms with E-state index in [-0.39, 0.29) is 5.69 Å². The van der Waals surface area contributed by atoms with Crippen LogP contribution in [-0.4, -0.2) is 4.92 Å². The summed E-state index contributed by atoms with van der Waals surface area (Å²) in [5.74, 6) is 1.10. The summed E-state index contributed by atoms with van der Waals surface area (Å²) in [6.45, 7) is 1.67. The predicted molar refractivity (Wildman–Crippen MR) is 84.7 cm³/mol. The van der Waals surface area contributed by atoms with Gasteiger partial charge in [0.25, 0.3) is 5.69 Å². The molecule has 0 aliphatic carbocycles. The number of nitrogens with zero attached hydrogens (tertiary/aromatic N) is 1. The SMILES string of the molecule is Cc1c(Oc2ccc(CBr)cc2Br)cccc1[N+](=O)[O-]. The Balaban J connectivity index is 2.35. The standard InChI is InChI=1S/C14H11Br2NO3/c1-9-12(17(18)19)3-2-4-13(9)20-14-6-5-10(8-15)7-11(14)16/h2-7H,8H2,1H3. The van der Waals surface area contributed by atoms with Crippen molar-refractivity contribution in [1.82, 2.24) is 0 Å². The van der Waals surface area contributed by atoms with Gasteiger partial charge in [-0.25, -0.2) is 0 Å². The Kier molecular flexibility index (Phi) is 4.77. The Labute approximate surface area is 133 Å². The number of nitro groups is 1. The van der Waals surface area contributed by atoms with Crippen molar-refractivity contribution in [3.63, 3.8) is 0 Å². The molecule has 2 rings (SSSR count). The summed E-state index contributed by atoms with van der Waals surface area (Å²) in [5, 5.41) is 11.7. The number of alkyl halides is 1. The maximum Gasteiger partial charge on any atom is 0.276 e. The van der Waals surface area contributed by atoms with Gasteiger partial charge in [-0.3, -0.25) is 10.1 Å². The van der Waals surface area contributed by atoms with Crippen LogP contribution in [-0.2, 0) is 5.33 Å². The molecule has 0 radical (unpaired) electrons. The van der Waals surface area contributed by atoms with Crippen LogP contribution in [0.15, 0.2) is 40.9 Å². The van der Waals surface area contributed by atoms with Crippen molar-refractivity contribution in [1.29, 1.82) is 0 Å². The van der Waals surface area contributed by atoms with E-state index in [0.29, 0.717) is 17.1 Å². The Bertz CT molecular complexity index is 659. The maximum absolute atomic E-state index is 10.9. The highest BCUT2D eigenvalue weighted by Gasteiger charge is 2.15. The lowest BCUT2D eigenvalue weighted by Crippen LogP contribution is -1.95. The Morgan fingerprint density at radius 3 is 2.60 bits per heavy atom. The van der Waals surface area contributed by atoms with Gasteiger partial charge in [0.2, 0.25) is 0 Å². The van der Waals surface area contributed by atoms with Gasteiger partial charge in [0.1, 0.15) is 11.5 Å². The van der Waals surface area contributed by atoms with Gasteiger partial charge in [-0.15, -0.1) is 0 Å². The number of benzene rings is 2. The minimum absolute atomic E-state index is 0.0516. The van der Waals surface area contributed by atoms with Gasteiger partial charge >= 0.3 is 0 Å². The van der Waals surface area contributed by atoms with Crippen LogP contribution in [0.2, 0.25) is 0 Å². The predicted octanol–water partition coefficient (Wildman–Crippen LogP) is 5.35. The van der Waals surface area contributed by atoms with Crippen LogP contribution in [0.5, 0.6) is 11.5 Å². The minimum atomic E-state index is -0.412. The van der Waals surface area contributed by atoms with E-state index in [1.165, 1.54) is 6.07 Å². The average molecular weight is 401 g/mol. The molecule has 0 saturated heterocycles. The van der Waals surface area contributed by atoms with Gasteiger partial charge in [-0.05, 0) is 46.6 Å². The van der Waals surface area contributed by atoms with Crippen molar-refractivity contribution in [3.8, 4) is 11.5 Å². The van der Waals surface area contributed by atoms with E-state index in [0.717, 1.165) is 15.4 Å². The molecular weight excluding hydrogens is 390 g/mol. The lowest BCUT2D eigenvalue weighted by atomic mass is 10.2. The van der Waals surface area contributed by atoms with Crippen molar-refractivity contribution in [2.45, 2.75) is 12.3 Å². The monoisotopic (exact) mass is 399 g/mol. The fourth-order valence-corrected chi connectivity index (χ4v) is 2.60. The summed E-state index contributed by atoms with van der Waals surface area (Å²) in [5.41, 5.74) is 1.67. The first-order valence-corrected chi connectivity index (χ1v) is 7.70.